The maximum Gasteiger partial charge on any atom is 0.318 e. The van der Waals surface area contributed by atoms with Gasteiger partial charge in [-0.05, 0) is 31.4 Å². The maximum atomic E-state index is 13.0. The third-order valence-electron chi connectivity index (χ3n) is 6.60. The molecule has 3 aliphatic heterocycles. The lowest BCUT2D eigenvalue weighted by Gasteiger charge is -2.40. The fourth-order valence-corrected chi connectivity index (χ4v) is 6.55. The predicted molar refractivity (Wildman–Crippen MR) is 113 cm³/mol. The van der Waals surface area contributed by atoms with E-state index < -0.39 is 0 Å². The van der Waals surface area contributed by atoms with Crippen LogP contribution in [0.2, 0.25) is 0 Å². The van der Waals surface area contributed by atoms with Crippen LogP contribution in [0.1, 0.15) is 31.2 Å². The predicted octanol–water partition coefficient (Wildman–Crippen LogP) is 4.59. The van der Waals surface area contributed by atoms with E-state index in [2.05, 4.69) is 54.6 Å². The van der Waals surface area contributed by atoms with Gasteiger partial charge in [-0.3, -0.25) is 4.79 Å². The Balaban J connectivity index is 1.47. The summed E-state index contributed by atoms with van der Waals surface area (Å²) >= 11 is 1.84. The molecule has 3 fully saturated rings. The molecule has 0 radical (unpaired) electrons. The van der Waals surface area contributed by atoms with Crippen molar-refractivity contribution in [1.82, 2.24) is 0 Å². The normalized spacial score (nSPS) is 34.0. The van der Waals surface area contributed by atoms with Gasteiger partial charge in [0.05, 0.1) is 6.61 Å². The Morgan fingerprint density at radius 1 is 0.966 bits per heavy atom. The second kappa shape index (κ2) is 8.13. The fourth-order valence-electron chi connectivity index (χ4n) is 5.32. The molecule has 29 heavy (non-hydrogen) atoms. The number of carbonyl (C=O) groups excluding carboxylic acids is 1. The van der Waals surface area contributed by atoms with Gasteiger partial charge in [-0.25, -0.2) is 0 Å². The zero-order valence-corrected chi connectivity index (χ0v) is 17.4. The molecule has 0 aliphatic carbocycles. The minimum Gasteiger partial charge on any atom is -0.465 e. The van der Waals surface area contributed by atoms with Gasteiger partial charge in [0, 0.05) is 22.1 Å². The monoisotopic (exact) mass is 410 g/mol. The third-order valence-corrected chi connectivity index (χ3v) is 7.95. The molecule has 5 heteroatoms. The van der Waals surface area contributed by atoms with E-state index in [-0.39, 0.29) is 29.3 Å². The summed E-state index contributed by atoms with van der Waals surface area (Å²) < 4.78 is 6.27. The minimum absolute atomic E-state index is 0.0499. The number of piperidine rings is 1. The van der Waals surface area contributed by atoms with Crippen LogP contribution < -0.4 is 0 Å². The van der Waals surface area contributed by atoms with Crippen molar-refractivity contribution < 1.29 is 19.0 Å². The number of esters is 1. The summed E-state index contributed by atoms with van der Waals surface area (Å²) in [5.74, 6) is -0.214. The molecule has 2 aromatic rings. The van der Waals surface area contributed by atoms with Crippen LogP contribution in [0.4, 0.5) is 0 Å². The molecule has 0 amide bonds. The summed E-state index contributed by atoms with van der Waals surface area (Å²) in [5.41, 5.74) is 1.27. The SMILES string of the molecule is O=C1OCC[C@H](Sc2ccccc2)[C@H]2O[N+]3(Cc4ccccc4)CCCC[C@@H]3[C@@H]12. The van der Waals surface area contributed by atoms with E-state index in [0.29, 0.717) is 11.3 Å². The van der Waals surface area contributed by atoms with E-state index in [1.54, 1.807) is 0 Å². The first-order chi connectivity index (χ1) is 14.3. The molecule has 3 heterocycles. The summed E-state index contributed by atoms with van der Waals surface area (Å²) in [7, 11) is 0. The van der Waals surface area contributed by atoms with Gasteiger partial charge in [0.2, 0.25) is 0 Å². The summed E-state index contributed by atoms with van der Waals surface area (Å²) in [5, 5.41) is 0.227. The Kier molecular flexibility index (Phi) is 5.37. The molecule has 0 N–H and O–H groups in total. The molecular weight excluding hydrogens is 382 g/mol. The van der Waals surface area contributed by atoms with Gasteiger partial charge in [0.25, 0.3) is 0 Å². The number of cyclic esters (lactones) is 1. The first-order valence-electron chi connectivity index (χ1n) is 10.7. The van der Waals surface area contributed by atoms with E-state index in [9.17, 15) is 4.79 Å². The number of hydrogen-bond donors (Lipinski definition) is 0. The number of rotatable bonds is 4. The van der Waals surface area contributed by atoms with Gasteiger partial charge < -0.3 is 4.74 Å². The van der Waals surface area contributed by atoms with Gasteiger partial charge in [-0.1, -0.05) is 48.5 Å². The highest BCUT2D eigenvalue weighted by Crippen LogP contribution is 2.48. The van der Waals surface area contributed by atoms with Crippen molar-refractivity contribution in [2.75, 3.05) is 13.2 Å². The van der Waals surface area contributed by atoms with Crippen molar-refractivity contribution in [3.8, 4) is 0 Å². The van der Waals surface area contributed by atoms with Crippen LogP contribution in [0.25, 0.3) is 0 Å². The molecule has 0 bridgehead atoms. The molecule has 5 atom stereocenters. The van der Waals surface area contributed by atoms with Crippen LogP contribution >= 0.6 is 11.8 Å². The maximum absolute atomic E-state index is 13.0. The van der Waals surface area contributed by atoms with E-state index in [4.69, 9.17) is 9.57 Å². The fraction of sp³-hybridized carbons (Fsp3) is 0.458. The zero-order chi connectivity index (χ0) is 19.7. The molecule has 3 aliphatic rings. The molecule has 0 spiro atoms. The van der Waals surface area contributed by atoms with Crippen LogP contribution in [0.5, 0.6) is 0 Å². The van der Waals surface area contributed by atoms with Crippen molar-refractivity contribution in [3.05, 3.63) is 66.2 Å². The lowest BCUT2D eigenvalue weighted by molar-refractivity contribution is -1.12. The van der Waals surface area contributed by atoms with E-state index in [0.717, 1.165) is 38.8 Å². The number of hydrogen-bond acceptors (Lipinski definition) is 4. The average Bonchev–Trinajstić information content (AvgIpc) is 3.01. The largest absolute Gasteiger partial charge is 0.465 e. The summed E-state index contributed by atoms with van der Waals surface area (Å²) in [6.45, 7) is 2.29. The van der Waals surface area contributed by atoms with E-state index >= 15 is 0 Å². The smallest absolute Gasteiger partial charge is 0.318 e. The molecule has 2 aromatic carbocycles. The molecule has 0 saturated carbocycles. The lowest BCUT2D eigenvalue weighted by atomic mass is 9.86. The van der Waals surface area contributed by atoms with Crippen LogP contribution in [0.15, 0.2) is 65.6 Å². The highest BCUT2D eigenvalue weighted by Gasteiger charge is 2.63. The van der Waals surface area contributed by atoms with Crippen molar-refractivity contribution in [1.29, 1.82) is 0 Å². The standard InChI is InChI=1S/C24H28NO3S/c26-24-22-20-13-7-8-15-25(20,17-18-9-3-1-4-10-18)28-23(22)21(14-16-27-24)29-19-11-5-2-6-12-19/h1-6,9-12,20-23H,7-8,13-17H2/q+1/t20-,21+,22-,23-,25?/m1/s1. The summed E-state index contributed by atoms with van der Waals surface area (Å²) in [6.07, 6.45) is 4.09. The number of fused-ring (bicyclic) bond motifs is 3. The Morgan fingerprint density at radius 3 is 2.52 bits per heavy atom. The third kappa shape index (κ3) is 3.72. The zero-order valence-electron chi connectivity index (χ0n) is 16.6. The van der Waals surface area contributed by atoms with Crippen molar-refractivity contribution in [2.24, 2.45) is 5.92 Å². The molecule has 1 unspecified atom stereocenters. The number of nitrogens with zero attached hydrogens (tertiary/aromatic N) is 1. The van der Waals surface area contributed by atoms with Gasteiger partial charge >= 0.3 is 5.97 Å². The number of carbonyl (C=O) groups is 1. The Labute approximate surface area is 176 Å². The summed E-state index contributed by atoms with van der Waals surface area (Å²) in [4.78, 5) is 21.2. The summed E-state index contributed by atoms with van der Waals surface area (Å²) in [6, 6.07) is 21.2. The van der Waals surface area contributed by atoms with Crippen LogP contribution in [0.3, 0.4) is 0 Å². The van der Waals surface area contributed by atoms with Crippen LogP contribution in [-0.2, 0) is 20.9 Å². The van der Waals surface area contributed by atoms with Gasteiger partial charge in [-0.15, -0.1) is 11.8 Å². The number of hydroxylamine groups is 3. The number of ether oxygens (including phenoxy) is 1. The highest BCUT2D eigenvalue weighted by atomic mass is 32.2. The topological polar surface area (TPSA) is 35.5 Å². The number of benzene rings is 2. The molecule has 152 valence electrons. The van der Waals surface area contributed by atoms with Gasteiger partial charge in [0.1, 0.15) is 31.2 Å². The minimum atomic E-state index is -0.164. The molecular formula is C24H28NO3S+. The van der Waals surface area contributed by atoms with Crippen LogP contribution in [0, 0.1) is 5.92 Å². The van der Waals surface area contributed by atoms with Crippen molar-refractivity contribution in [2.45, 2.75) is 54.5 Å². The molecule has 0 aromatic heterocycles. The quantitative estimate of drug-likeness (QED) is 0.545. The number of thioether (sulfide) groups is 1. The molecule has 3 saturated heterocycles. The first-order valence-corrected chi connectivity index (χ1v) is 11.6. The van der Waals surface area contributed by atoms with Crippen molar-refractivity contribution in [3.63, 3.8) is 0 Å². The second-order valence-electron chi connectivity index (χ2n) is 8.40. The van der Waals surface area contributed by atoms with Crippen LogP contribution in [-0.4, -0.2) is 41.2 Å². The first kappa shape index (κ1) is 19.2. The number of quaternary nitrogens is 1. The Bertz CT molecular complexity index is 846. The average molecular weight is 411 g/mol. The Morgan fingerprint density at radius 2 is 1.72 bits per heavy atom. The van der Waals surface area contributed by atoms with Gasteiger partial charge in [0.15, 0.2) is 0 Å². The van der Waals surface area contributed by atoms with Crippen molar-refractivity contribution >= 4 is 17.7 Å². The van der Waals surface area contributed by atoms with E-state index in [1.807, 2.05) is 17.8 Å². The van der Waals surface area contributed by atoms with E-state index in [1.165, 1.54) is 10.5 Å². The molecule has 4 nitrogen and oxygen atoms in total. The lowest BCUT2D eigenvalue weighted by Crippen LogP contribution is -2.55. The second-order valence-corrected chi connectivity index (χ2v) is 9.72. The molecule has 5 rings (SSSR count). The van der Waals surface area contributed by atoms with Gasteiger partial charge in [-0.2, -0.15) is 9.48 Å². The highest BCUT2D eigenvalue weighted by molar-refractivity contribution is 8.00. The Hall–Kier alpha value is -1.82.